The van der Waals surface area contributed by atoms with Crippen LogP contribution in [0.1, 0.15) is 28.6 Å². The first-order valence-corrected chi connectivity index (χ1v) is 8.24. The number of aromatic amines is 1. The fraction of sp³-hybridized carbons (Fsp3) is 0.235. The number of hydrogen-bond donors (Lipinski definition) is 1. The molecule has 0 amide bonds. The Morgan fingerprint density at radius 2 is 2.00 bits per heavy atom. The van der Waals surface area contributed by atoms with Crippen LogP contribution >= 0.6 is 0 Å². The summed E-state index contributed by atoms with van der Waals surface area (Å²) in [5.74, 6) is -0.782. The van der Waals surface area contributed by atoms with E-state index in [2.05, 4.69) is 30.4 Å². The summed E-state index contributed by atoms with van der Waals surface area (Å²) in [7, 11) is 0. The molecule has 0 aliphatic rings. The normalized spacial score (nSPS) is 11.3. The molecule has 1 N–H and O–H groups in total. The van der Waals surface area contributed by atoms with Gasteiger partial charge >= 0.3 is 0 Å². The molecule has 0 bridgehead atoms. The molecule has 10 heteroatoms. The Morgan fingerprint density at radius 1 is 1.15 bits per heavy atom. The summed E-state index contributed by atoms with van der Waals surface area (Å²) in [6, 6.07) is 3.63. The highest BCUT2D eigenvalue weighted by Gasteiger charge is 2.17. The van der Waals surface area contributed by atoms with Crippen LogP contribution in [0.4, 0.5) is 8.78 Å². The SMILES string of the molecule is Cc1n[nH]c(C)c1Cc1nc(Cn2cncn2)nn1-c1ccc(F)c(F)c1. The second kappa shape index (κ2) is 6.71. The third-order valence-corrected chi connectivity index (χ3v) is 4.25. The monoisotopic (exact) mass is 370 g/mol. The molecule has 3 aromatic heterocycles. The summed E-state index contributed by atoms with van der Waals surface area (Å²) in [4.78, 5) is 8.47. The quantitative estimate of drug-likeness (QED) is 0.581. The lowest BCUT2D eigenvalue weighted by Crippen LogP contribution is -2.06. The standard InChI is InChI=1S/C17H16F2N8/c1-10-13(11(2)24-23-10)6-17-22-16(7-26-9-20-8-21-26)25-27(17)12-3-4-14(18)15(19)5-12/h3-5,8-9H,6-7H2,1-2H3,(H,23,24). The Labute approximate surface area is 152 Å². The van der Waals surface area contributed by atoms with Crippen molar-refractivity contribution in [2.24, 2.45) is 0 Å². The molecule has 27 heavy (non-hydrogen) atoms. The number of hydrogen-bond acceptors (Lipinski definition) is 5. The molecular formula is C17H16F2N8. The minimum Gasteiger partial charge on any atom is -0.282 e. The molecule has 1 aromatic carbocycles. The lowest BCUT2D eigenvalue weighted by Gasteiger charge is -2.07. The second-order valence-electron chi connectivity index (χ2n) is 6.14. The van der Waals surface area contributed by atoms with E-state index in [4.69, 9.17) is 0 Å². The van der Waals surface area contributed by atoms with E-state index < -0.39 is 11.6 Å². The zero-order valence-corrected chi connectivity index (χ0v) is 14.7. The highest BCUT2D eigenvalue weighted by atomic mass is 19.2. The van der Waals surface area contributed by atoms with Crippen LogP contribution in [0.2, 0.25) is 0 Å². The topological polar surface area (TPSA) is 90.1 Å². The average Bonchev–Trinajstić information content (AvgIpc) is 3.36. The zero-order chi connectivity index (χ0) is 19.0. The van der Waals surface area contributed by atoms with Crippen LogP contribution in [0, 0.1) is 25.5 Å². The van der Waals surface area contributed by atoms with E-state index in [1.165, 1.54) is 17.1 Å². The van der Waals surface area contributed by atoms with Crippen molar-refractivity contribution in [2.45, 2.75) is 26.8 Å². The molecule has 0 fully saturated rings. The van der Waals surface area contributed by atoms with Crippen molar-refractivity contribution in [3.05, 3.63) is 71.1 Å². The summed E-state index contributed by atoms with van der Waals surface area (Å²) in [5, 5.41) is 15.6. The summed E-state index contributed by atoms with van der Waals surface area (Å²) in [6.45, 7) is 4.13. The summed E-state index contributed by atoms with van der Waals surface area (Å²) < 4.78 is 30.2. The van der Waals surface area contributed by atoms with Gasteiger partial charge in [0, 0.05) is 23.7 Å². The Balaban J connectivity index is 1.77. The fourth-order valence-corrected chi connectivity index (χ4v) is 2.85. The first-order chi connectivity index (χ1) is 13.0. The second-order valence-corrected chi connectivity index (χ2v) is 6.14. The summed E-state index contributed by atoms with van der Waals surface area (Å²) in [5.41, 5.74) is 3.15. The van der Waals surface area contributed by atoms with Crippen LogP contribution in [0.15, 0.2) is 30.9 Å². The van der Waals surface area contributed by atoms with Crippen molar-refractivity contribution >= 4 is 0 Å². The van der Waals surface area contributed by atoms with Crippen molar-refractivity contribution in [3.63, 3.8) is 0 Å². The van der Waals surface area contributed by atoms with Gasteiger partial charge in [-0.05, 0) is 26.0 Å². The molecular weight excluding hydrogens is 354 g/mol. The van der Waals surface area contributed by atoms with Gasteiger partial charge in [-0.25, -0.2) is 28.1 Å². The van der Waals surface area contributed by atoms with Crippen LogP contribution in [-0.2, 0) is 13.0 Å². The van der Waals surface area contributed by atoms with Gasteiger partial charge in [-0.1, -0.05) is 0 Å². The summed E-state index contributed by atoms with van der Waals surface area (Å²) >= 11 is 0. The number of H-pyrrole nitrogens is 1. The van der Waals surface area contributed by atoms with Crippen LogP contribution in [0.5, 0.6) is 0 Å². The van der Waals surface area contributed by atoms with Gasteiger partial charge in [0.25, 0.3) is 0 Å². The number of rotatable bonds is 5. The van der Waals surface area contributed by atoms with Crippen LogP contribution in [0.3, 0.4) is 0 Å². The van der Waals surface area contributed by atoms with Gasteiger partial charge in [0.05, 0.1) is 11.4 Å². The van der Waals surface area contributed by atoms with E-state index >= 15 is 0 Å². The van der Waals surface area contributed by atoms with Gasteiger partial charge in [-0.2, -0.15) is 10.2 Å². The third kappa shape index (κ3) is 3.33. The smallest absolute Gasteiger partial charge is 0.172 e. The Bertz CT molecular complexity index is 1060. The van der Waals surface area contributed by atoms with E-state index in [0.29, 0.717) is 30.3 Å². The van der Waals surface area contributed by atoms with Gasteiger partial charge < -0.3 is 0 Å². The molecule has 0 saturated heterocycles. The largest absolute Gasteiger partial charge is 0.282 e. The fourth-order valence-electron chi connectivity index (χ4n) is 2.85. The number of benzene rings is 1. The van der Waals surface area contributed by atoms with E-state index in [9.17, 15) is 8.78 Å². The number of nitrogens with zero attached hydrogens (tertiary/aromatic N) is 7. The number of aromatic nitrogens is 8. The van der Waals surface area contributed by atoms with Gasteiger partial charge in [0.1, 0.15) is 25.0 Å². The lowest BCUT2D eigenvalue weighted by atomic mass is 10.1. The Kier molecular flexibility index (Phi) is 4.22. The maximum atomic E-state index is 13.7. The minimum absolute atomic E-state index is 0.313. The van der Waals surface area contributed by atoms with E-state index in [0.717, 1.165) is 29.1 Å². The maximum Gasteiger partial charge on any atom is 0.172 e. The van der Waals surface area contributed by atoms with Crippen molar-refractivity contribution in [1.29, 1.82) is 0 Å². The highest BCUT2D eigenvalue weighted by molar-refractivity contribution is 5.35. The molecule has 4 aromatic rings. The first kappa shape index (κ1) is 17.0. The van der Waals surface area contributed by atoms with Gasteiger partial charge in [-0.15, -0.1) is 5.10 Å². The van der Waals surface area contributed by atoms with Gasteiger partial charge in [0.15, 0.2) is 17.5 Å². The number of aryl methyl sites for hydroxylation is 2. The molecule has 0 radical (unpaired) electrons. The van der Waals surface area contributed by atoms with Crippen molar-refractivity contribution < 1.29 is 8.78 Å². The van der Waals surface area contributed by atoms with Gasteiger partial charge in [0.2, 0.25) is 0 Å². The minimum atomic E-state index is -0.942. The van der Waals surface area contributed by atoms with E-state index in [1.54, 1.807) is 11.0 Å². The lowest BCUT2D eigenvalue weighted by molar-refractivity contribution is 0.507. The number of nitrogens with one attached hydrogen (secondary N) is 1. The van der Waals surface area contributed by atoms with E-state index in [-0.39, 0.29) is 0 Å². The molecule has 0 spiro atoms. The van der Waals surface area contributed by atoms with E-state index in [1.807, 2.05) is 13.8 Å². The zero-order valence-electron chi connectivity index (χ0n) is 14.7. The predicted octanol–water partition coefficient (Wildman–Crippen LogP) is 2.12. The van der Waals surface area contributed by atoms with Crippen molar-refractivity contribution in [2.75, 3.05) is 0 Å². The molecule has 0 aliphatic carbocycles. The molecule has 0 unspecified atom stereocenters. The molecule has 0 aliphatic heterocycles. The maximum absolute atomic E-state index is 13.7. The van der Waals surface area contributed by atoms with Crippen LogP contribution in [-0.4, -0.2) is 39.7 Å². The predicted molar refractivity (Wildman–Crippen MR) is 91.3 cm³/mol. The van der Waals surface area contributed by atoms with Crippen molar-refractivity contribution in [3.8, 4) is 5.69 Å². The first-order valence-electron chi connectivity index (χ1n) is 8.24. The third-order valence-electron chi connectivity index (χ3n) is 4.25. The average molecular weight is 370 g/mol. The highest BCUT2D eigenvalue weighted by Crippen LogP contribution is 2.19. The molecule has 0 atom stereocenters. The molecule has 138 valence electrons. The van der Waals surface area contributed by atoms with Crippen molar-refractivity contribution in [1.82, 2.24) is 39.7 Å². The molecule has 3 heterocycles. The molecule has 0 saturated carbocycles. The molecule has 4 rings (SSSR count). The van der Waals surface area contributed by atoms with Gasteiger partial charge in [-0.3, -0.25) is 5.10 Å². The summed E-state index contributed by atoms with van der Waals surface area (Å²) in [6.07, 6.45) is 3.42. The Hall–Kier alpha value is -3.43. The number of halogens is 2. The Morgan fingerprint density at radius 3 is 2.67 bits per heavy atom. The van der Waals surface area contributed by atoms with Crippen LogP contribution < -0.4 is 0 Å². The van der Waals surface area contributed by atoms with Crippen LogP contribution in [0.25, 0.3) is 5.69 Å². The molecule has 8 nitrogen and oxygen atoms in total.